The van der Waals surface area contributed by atoms with Crippen molar-refractivity contribution in [2.75, 3.05) is 18.5 Å². The Morgan fingerprint density at radius 1 is 1.65 bits per heavy atom. The first kappa shape index (κ1) is 14.7. The zero-order valence-electron chi connectivity index (χ0n) is 12.4. The summed E-state index contributed by atoms with van der Waals surface area (Å²) < 4.78 is 10.5. The van der Waals surface area contributed by atoms with Crippen molar-refractivity contribution in [3.05, 3.63) is 17.5 Å². The highest BCUT2D eigenvalue weighted by atomic mass is 16.5. The summed E-state index contributed by atoms with van der Waals surface area (Å²) in [6.07, 6.45) is 2.50. The van der Waals surface area contributed by atoms with E-state index in [9.17, 15) is 4.79 Å². The fourth-order valence-corrected chi connectivity index (χ4v) is 2.19. The number of ether oxygens (including phenoxy) is 2. The molecule has 1 aromatic rings. The molecular weight excluding hydrogens is 258 g/mol. The molecule has 1 aliphatic heterocycles. The van der Waals surface area contributed by atoms with Crippen molar-refractivity contribution in [1.29, 1.82) is 0 Å². The van der Waals surface area contributed by atoms with E-state index in [1.807, 2.05) is 6.92 Å². The maximum atomic E-state index is 11.7. The van der Waals surface area contributed by atoms with Crippen molar-refractivity contribution in [1.82, 2.24) is 9.97 Å². The molecule has 6 nitrogen and oxygen atoms in total. The average molecular weight is 279 g/mol. The maximum absolute atomic E-state index is 11.7. The van der Waals surface area contributed by atoms with Crippen LogP contribution in [0.1, 0.15) is 43.2 Å². The van der Waals surface area contributed by atoms with Crippen molar-refractivity contribution in [3.63, 3.8) is 0 Å². The SMILES string of the molecule is CCOC(=O)c1cnc(NC2(C)CCOC2C)nc1C. The van der Waals surface area contributed by atoms with E-state index >= 15 is 0 Å². The molecule has 2 atom stereocenters. The van der Waals surface area contributed by atoms with Gasteiger partial charge in [0, 0.05) is 12.8 Å². The summed E-state index contributed by atoms with van der Waals surface area (Å²) in [6, 6.07) is 0. The molecule has 0 saturated carbocycles. The smallest absolute Gasteiger partial charge is 0.341 e. The van der Waals surface area contributed by atoms with Gasteiger partial charge in [-0.3, -0.25) is 0 Å². The van der Waals surface area contributed by atoms with Gasteiger partial charge in [0.25, 0.3) is 0 Å². The van der Waals surface area contributed by atoms with Crippen LogP contribution in [0.2, 0.25) is 0 Å². The minimum Gasteiger partial charge on any atom is -0.462 e. The Hall–Kier alpha value is -1.69. The summed E-state index contributed by atoms with van der Waals surface area (Å²) in [5.74, 6) is 0.121. The first-order chi connectivity index (χ1) is 9.46. The molecule has 6 heteroatoms. The summed E-state index contributed by atoms with van der Waals surface area (Å²) in [7, 11) is 0. The summed E-state index contributed by atoms with van der Waals surface area (Å²) >= 11 is 0. The van der Waals surface area contributed by atoms with E-state index in [4.69, 9.17) is 9.47 Å². The Balaban J connectivity index is 2.15. The Kier molecular flexibility index (Phi) is 4.23. The van der Waals surface area contributed by atoms with Gasteiger partial charge in [0.1, 0.15) is 0 Å². The maximum Gasteiger partial charge on any atom is 0.341 e. The predicted octanol–water partition coefficient (Wildman–Crippen LogP) is 1.94. The highest BCUT2D eigenvalue weighted by molar-refractivity contribution is 5.90. The standard InChI is InChI=1S/C14H21N3O3/c1-5-19-12(18)11-8-15-13(16-9(11)2)17-14(4)6-7-20-10(14)3/h8,10H,5-7H2,1-4H3,(H,15,16,17). The van der Waals surface area contributed by atoms with Gasteiger partial charge in [0.2, 0.25) is 5.95 Å². The number of esters is 1. The van der Waals surface area contributed by atoms with Gasteiger partial charge in [0.05, 0.1) is 29.5 Å². The zero-order valence-corrected chi connectivity index (χ0v) is 12.4. The molecule has 1 N–H and O–H groups in total. The lowest BCUT2D eigenvalue weighted by Gasteiger charge is -2.28. The third-order valence-electron chi connectivity index (χ3n) is 3.76. The average Bonchev–Trinajstić information content (AvgIpc) is 2.69. The van der Waals surface area contributed by atoms with Crippen LogP contribution in [0.3, 0.4) is 0 Å². The van der Waals surface area contributed by atoms with Gasteiger partial charge in [0.15, 0.2) is 0 Å². The van der Waals surface area contributed by atoms with Gasteiger partial charge in [-0.15, -0.1) is 0 Å². The zero-order chi connectivity index (χ0) is 14.8. The highest BCUT2D eigenvalue weighted by Crippen LogP contribution is 2.28. The number of carbonyl (C=O) groups excluding carboxylic acids is 1. The first-order valence-electron chi connectivity index (χ1n) is 6.87. The topological polar surface area (TPSA) is 73.3 Å². The summed E-state index contributed by atoms with van der Waals surface area (Å²) in [4.78, 5) is 20.2. The second kappa shape index (κ2) is 5.75. The second-order valence-electron chi connectivity index (χ2n) is 5.22. The van der Waals surface area contributed by atoms with Gasteiger partial charge in [-0.1, -0.05) is 0 Å². The molecule has 1 saturated heterocycles. The molecule has 0 aliphatic carbocycles. The van der Waals surface area contributed by atoms with Gasteiger partial charge >= 0.3 is 5.97 Å². The van der Waals surface area contributed by atoms with E-state index in [1.165, 1.54) is 6.20 Å². The van der Waals surface area contributed by atoms with Crippen LogP contribution in [0.25, 0.3) is 0 Å². The van der Waals surface area contributed by atoms with Crippen molar-refractivity contribution in [2.45, 2.75) is 45.8 Å². The minimum atomic E-state index is -0.389. The molecule has 1 aliphatic rings. The molecule has 2 heterocycles. The molecular formula is C14H21N3O3. The Bertz CT molecular complexity index is 506. The largest absolute Gasteiger partial charge is 0.462 e. The number of anilines is 1. The summed E-state index contributed by atoms with van der Waals surface area (Å²) in [5.41, 5.74) is 0.826. The number of hydrogen-bond acceptors (Lipinski definition) is 6. The molecule has 110 valence electrons. The Labute approximate surface area is 118 Å². The highest BCUT2D eigenvalue weighted by Gasteiger charge is 2.37. The van der Waals surface area contributed by atoms with Crippen molar-refractivity contribution < 1.29 is 14.3 Å². The van der Waals surface area contributed by atoms with Crippen molar-refractivity contribution >= 4 is 11.9 Å². The fourth-order valence-electron chi connectivity index (χ4n) is 2.19. The first-order valence-corrected chi connectivity index (χ1v) is 6.87. The van der Waals surface area contributed by atoms with Crippen LogP contribution in [-0.4, -0.2) is 40.8 Å². The number of nitrogens with zero attached hydrogens (tertiary/aromatic N) is 2. The van der Waals surface area contributed by atoms with E-state index in [2.05, 4.69) is 22.2 Å². The van der Waals surface area contributed by atoms with Crippen LogP contribution in [-0.2, 0) is 9.47 Å². The van der Waals surface area contributed by atoms with Crippen LogP contribution >= 0.6 is 0 Å². The lowest BCUT2D eigenvalue weighted by molar-refractivity contribution is 0.0524. The Morgan fingerprint density at radius 2 is 2.40 bits per heavy atom. The van der Waals surface area contributed by atoms with Gasteiger partial charge < -0.3 is 14.8 Å². The van der Waals surface area contributed by atoms with E-state index < -0.39 is 0 Å². The van der Waals surface area contributed by atoms with E-state index in [1.54, 1.807) is 13.8 Å². The van der Waals surface area contributed by atoms with Gasteiger partial charge in [-0.05, 0) is 34.1 Å². The normalized spacial score (nSPS) is 25.5. The van der Waals surface area contributed by atoms with Crippen LogP contribution in [0.4, 0.5) is 5.95 Å². The van der Waals surface area contributed by atoms with Crippen molar-refractivity contribution in [3.8, 4) is 0 Å². The minimum absolute atomic E-state index is 0.0936. The molecule has 0 bridgehead atoms. The van der Waals surface area contributed by atoms with Crippen LogP contribution in [0.5, 0.6) is 0 Å². The van der Waals surface area contributed by atoms with Crippen LogP contribution < -0.4 is 5.32 Å². The predicted molar refractivity (Wildman–Crippen MR) is 74.8 cm³/mol. The lowest BCUT2D eigenvalue weighted by Crippen LogP contribution is -2.41. The number of aryl methyl sites for hydroxylation is 1. The van der Waals surface area contributed by atoms with E-state index in [0.717, 1.165) is 13.0 Å². The third kappa shape index (κ3) is 2.90. The van der Waals surface area contributed by atoms with Gasteiger partial charge in [-0.25, -0.2) is 14.8 Å². The molecule has 1 aromatic heterocycles. The van der Waals surface area contributed by atoms with Crippen LogP contribution in [0.15, 0.2) is 6.20 Å². The van der Waals surface area contributed by atoms with Crippen molar-refractivity contribution in [2.24, 2.45) is 0 Å². The molecule has 20 heavy (non-hydrogen) atoms. The van der Waals surface area contributed by atoms with E-state index in [0.29, 0.717) is 23.8 Å². The number of rotatable bonds is 4. The van der Waals surface area contributed by atoms with Gasteiger partial charge in [-0.2, -0.15) is 0 Å². The number of hydrogen-bond donors (Lipinski definition) is 1. The lowest BCUT2D eigenvalue weighted by atomic mass is 9.95. The molecule has 0 spiro atoms. The number of nitrogens with one attached hydrogen (secondary N) is 1. The third-order valence-corrected chi connectivity index (χ3v) is 3.76. The molecule has 1 fully saturated rings. The molecule has 0 radical (unpaired) electrons. The van der Waals surface area contributed by atoms with Crippen LogP contribution in [0, 0.1) is 6.92 Å². The second-order valence-corrected chi connectivity index (χ2v) is 5.22. The Morgan fingerprint density at radius 3 is 2.95 bits per heavy atom. The molecule has 0 amide bonds. The monoisotopic (exact) mass is 279 g/mol. The number of aromatic nitrogens is 2. The molecule has 2 rings (SSSR count). The molecule has 2 unspecified atom stereocenters. The summed E-state index contributed by atoms with van der Waals surface area (Å²) in [6.45, 7) is 8.72. The fraction of sp³-hybridized carbons (Fsp3) is 0.643. The quantitative estimate of drug-likeness (QED) is 0.849. The number of carbonyl (C=O) groups is 1. The van der Waals surface area contributed by atoms with E-state index in [-0.39, 0.29) is 17.6 Å². The summed E-state index contributed by atoms with van der Waals surface area (Å²) in [5, 5.41) is 3.31. The molecule has 0 aromatic carbocycles.